The minimum absolute atomic E-state index is 0.370. The van der Waals surface area contributed by atoms with Crippen LogP contribution in [0.1, 0.15) is 39.7 Å². The SMILES string of the molecule is CCOc1cc(OCC)c(CC(C)C2OC2CC)cc1Cl. The molecule has 0 aliphatic carbocycles. The summed E-state index contributed by atoms with van der Waals surface area (Å²) in [6.45, 7) is 9.54. The van der Waals surface area contributed by atoms with Gasteiger partial charge in [0.2, 0.25) is 0 Å². The Morgan fingerprint density at radius 2 is 1.81 bits per heavy atom. The molecule has 4 heteroatoms. The van der Waals surface area contributed by atoms with Gasteiger partial charge in [-0.1, -0.05) is 25.4 Å². The summed E-state index contributed by atoms with van der Waals surface area (Å²) < 4.78 is 17.0. The lowest BCUT2D eigenvalue weighted by Gasteiger charge is -2.16. The second kappa shape index (κ2) is 7.37. The maximum atomic E-state index is 6.30. The third kappa shape index (κ3) is 4.04. The molecule has 3 unspecified atom stereocenters. The van der Waals surface area contributed by atoms with E-state index in [9.17, 15) is 0 Å². The Morgan fingerprint density at radius 1 is 1.14 bits per heavy atom. The Labute approximate surface area is 132 Å². The number of rotatable bonds is 8. The molecule has 0 N–H and O–H groups in total. The maximum absolute atomic E-state index is 6.30. The predicted molar refractivity (Wildman–Crippen MR) is 85.6 cm³/mol. The van der Waals surface area contributed by atoms with Gasteiger partial charge in [0.15, 0.2) is 0 Å². The van der Waals surface area contributed by atoms with Crippen molar-refractivity contribution in [3.8, 4) is 11.5 Å². The quantitative estimate of drug-likeness (QED) is 0.662. The van der Waals surface area contributed by atoms with E-state index in [0.29, 0.717) is 42.1 Å². The van der Waals surface area contributed by atoms with Crippen molar-refractivity contribution in [1.29, 1.82) is 0 Å². The van der Waals surface area contributed by atoms with E-state index in [2.05, 4.69) is 13.8 Å². The third-order valence-electron chi connectivity index (χ3n) is 3.84. The van der Waals surface area contributed by atoms with Crippen LogP contribution in [0.15, 0.2) is 12.1 Å². The normalized spacial score (nSPS) is 22.0. The smallest absolute Gasteiger partial charge is 0.141 e. The van der Waals surface area contributed by atoms with E-state index in [1.54, 1.807) is 0 Å². The minimum Gasteiger partial charge on any atom is -0.493 e. The van der Waals surface area contributed by atoms with Crippen LogP contribution in [0.25, 0.3) is 0 Å². The largest absolute Gasteiger partial charge is 0.493 e. The lowest BCUT2D eigenvalue weighted by atomic mass is 9.95. The summed E-state index contributed by atoms with van der Waals surface area (Å²) in [7, 11) is 0. The van der Waals surface area contributed by atoms with Crippen molar-refractivity contribution in [1.82, 2.24) is 0 Å². The topological polar surface area (TPSA) is 31.0 Å². The highest BCUT2D eigenvalue weighted by Gasteiger charge is 2.41. The third-order valence-corrected chi connectivity index (χ3v) is 4.14. The molecule has 0 saturated carbocycles. The minimum atomic E-state index is 0.370. The summed E-state index contributed by atoms with van der Waals surface area (Å²) in [5, 5.41) is 0.645. The first-order valence-electron chi connectivity index (χ1n) is 7.84. The summed E-state index contributed by atoms with van der Waals surface area (Å²) in [5.74, 6) is 2.02. The van der Waals surface area contributed by atoms with Crippen LogP contribution >= 0.6 is 11.6 Å². The number of ether oxygens (including phenoxy) is 3. The van der Waals surface area contributed by atoms with Gasteiger partial charge >= 0.3 is 0 Å². The zero-order valence-corrected chi connectivity index (χ0v) is 14.1. The monoisotopic (exact) mass is 312 g/mol. The number of benzene rings is 1. The van der Waals surface area contributed by atoms with Crippen molar-refractivity contribution in [2.24, 2.45) is 5.92 Å². The Hall–Kier alpha value is -0.930. The summed E-state index contributed by atoms with van der Waals surface area (Å²) in [6.07, 6.45) is 2.78. The molecule has 1 aromatic carbocycles. The highest BCUT2D eigenvalue weighted by molar-refractivity contribution is 6.32. The molecule has 21 heavy (non-hydrogen) atoms. The Kier molecular flexibility index (Phi) is 5.77. The average Bonchev–Trinajstić information content (AvgIpc) is 3.23. The van der Waals surface area contributed by atoms with Gasteiger partial charge in [-0.2, -0.15) is 0 Å². The molecule has 118 valence electrons. The molecule has 3 nitrogen and oxygen atoms in total. The van der Waals surface area contributed by atoms with Gasteiger partial charge in [0.1, 0.15) is 11.5 Å². The van der Waals surface area contributed by atoms with Crippen molar-refractivity contribution < 1.29 is 14.2 Å². The van der Waals surface area contributed by atoms with Crippen molar-refractivity contribution in [2.45, 2.75) is 52.7 Å². The average molecular weight is 313 g/mol. The summed E-state index contributed by atoms with van der Waals surface area (Å²) in [5.41, 5.74) is 1.13. The summed E-state index contributed by atoms with van der Waals surface area (Å²) in [6, 6.07) is 3.87. The van der Waals surface area contributed by atoms with E-state index in [-0.39, 0.29) is 0 Å². The molecule has 0 spiro atoms. The highest BCUT2D eigenvalue weighted by Crippen LogP contribution is 2.38. The second-order valence-corrected chi connectivity index (χ2v) is 5.89. The van der Waals surface area contributed by atoms with Crippen LogP contribution in [-0.4, -0.2) is 25.4 Å². The Bertz CT molecular complexity index is 475. The first-order valence-corrected chi connectivity index (χ1v) is 8.21. The van der Waals surface area contributed by atoms with E-state index in [1.807, 2.05) is 26.0 Å². The zero-order chi connectivity index (χ0) is 15.4. The lowest BCUT2D eigenvalue weighted by Crippen LogP contribution is -2.11. The van der Waals surface area contributed by atoms with Crippen LogP contribution in [0.2, 0.25) is 5.02 Å². The standard InChI is InChI=1S/C17H25ClO3/c1-5-14-17(21-14)11(4)8-12-9-13(18)16(20-7-3)10-15(12)19-6-2/h9-11,14,17H,5-8H2,1-4H3. The number of hydrogen-bond acceptors (Lipinski definition) is 3. The van der Waals surface area contributed by atoms with Crippen LogP contribution < -0.4 is 9.47 Å². The molecule has 2 rings (SSSR count). The van der Waals surface area contributed by atoms with Crippen molar-refractivity contribution in [2.75, 3.05) is 13.2 Å². The fourth-order valence-corrected chi connectivity index (χ4v) is 2.98. The maximum Gasteiger partial charge on any atom is 0.141 e. The Balaban J connectivity index is 2.15. The van der Waals surface area contributed by atoms with Gasteiger partial charge in [0.05, 0.1) is 30.4 Å². The van der Waals surface area contributed by atoms with E-state index in [4.69, 9.17) is 25.8 Å². The molecule has 1 saturated heterocycles. The highest BCUT2D eigenvalue weighted by atomic mass is 35.5. The first kappa shape index (κ1) is 16.4. The van der Waals surface area contributed by atoms with Crippen LogP contribution in [0.5, 0.6) is 11.5 Å². The van der Waals surface area contributed by atoms with Gasteiger partial charge in [0, 0.05) is 6.07 Å². The molecule has 1 aromatic rings. The molecule has 1 aliphatic heterocycles. The van der Waals surface area contributed by atoms with Gasteiger partial charge < -0.3 is 14.2 Å². The van der Waals surface area contributed by atoms with Crippen LogP contribution in [0.4, 0.5) is 0 Å². The van der Waals surface area contributed by atoms with Gasteiger partial charge in [-0.15, -0.1) is 0 Å². The van der Waals surface area contributed by atoms with Crippen molar-refractivity contribution in [3.05, 3.63) is 22.7 Å². The van der Waals surface area contributed by atoms with Crippen LogP contribution in [-0.2, 0) is 11.2 Å². The lowest BCUT2D eigenvalue weighted by molar-refractivity contribution is 0.309. The van der Waals surface area contributed by atoms with E-state index < -0.39 is 0 Å². The molecular formula is C17H25ClO3. The van der Waals surface area contributed by atoms with E-state index in [1.165, 1.54) is 0 Å². The molecule has 1 aliphatic rings. The van der Waals surface area contributed by atoms with Gasteiger partial charge in [-0.05, 0) is 44.2 Å². The molecular weight excluding hydrogens is 288 g/mol. The summed E-state index contributed by atoms with van der Waals surface area (Å²) in [4.78, 5) is 0. The fourth-order valence-electron chi connectivity index (χ4n) is 2.74. The number of epoxide rings is 1. The van der Waals surface area contributed by atoms with Gasteiger partial charge in [0.25, 0.3) is 0 Å². The molecule has 1 fully saturated rings. The molecule has 0 bridgehead atoms. The van der Waals surface area contributed by atoms with Crippen LogP contribution in [0.3, 0.4) is 0 Å². The molecule has 3 atom stereocenters. The van der Waals surface area contributed by atoms with E-state index in [0.717, 1.165) is 24.2 Å². The van der Waals surface area contributed by atoms with Gasteiger partial charge in [-0.25, -0.2) is 0 Å². The summed E-state index contributed by atoms with van der Waals surface area (Å²) >= 11 is 6.30. The van der Waals surface area contributed by atoms with E-state index >= 15 is 0 Å². The Morgan fingerprint density at radius 3 is 2.38 bits per heavy atom. The molecule has 1 heterocycles. The van der Waals surface area contributed by atoms with Crippen molar-refractivity contribution >= 4 is 11.6 Å². The number of halogens is 1. The van der Waals surface area contributed by atoms with Crippen molar-refractivity contribution in [3.63, 3.8) is 0 Å². The van der Waals surface area contributed by atoms with Gasteiger partial charge in [-0.3, -0.25) is 0 Å². The fraction of sp³-hybridized carbons (Fsp3) is 0.647. The second-order valence-electron chi connectivity index (χ2n) is 5.49. The van der Waals surface area contributed by atoms with Crippen LogP contribution in [0, 0.1) is 5.92 Å². The number of hydrogen-bond donors (Lipinski definition) is 0. The first-order chi connectivity index (χ1) is 10.1. The zero-order valence-electron chi connectivity index (χ0n) is 13.3. The molecule has 0 radical (unpaired) electrons. The molecule has 0 amide bonds. The predicted octanol–water partition coefficient (Wildman–Crippen LogP) is 4.49. The molecule has 0 aromatic heterocycles.